The van der Waals surface area contributed by atoms with Gasteiger partial charge in [0, 0.05) is 28.7 Å². The van der Waals surface area contributed by atoms with Crippen LogP contribution in [0.2, 0.25) is 10.0 Å². The van der Waals surface area contributed by atoms with Gasteiger partial charge in [0.1, 0.15) is 17.4 Å². The van der Waals surface area contributed by atoms with Gasteiger partial charge in [0.2, 0.25) is 0 Å². The molecule has 2 aromatic rings. The van der Waals surface area contributed by atoms with E-state index >= 15 is 0 Å². The Bertz CT molecular complexity index is 1120. The van der Waals surface area contributed by atoms with Crippen LogP contribution in [0.25, 0.3) is 0 Å². The van der Waals surface area contributed by atoms with Gasteiger partial charge in [-0.1, -0.05) is 23.2 Å². The number of ether oxygens (including phenoxy) is 1. The number of amides is 3. The highest BCUT2D eigenvalue weighted by atomic mass is 35.5. The van der Waals surface area contributed by atoms with E-state index < -0.39 is 11.6 Å². The second-order valence-corrected chi connectivity index (χ2v) is 10.2. The SMILES string of the molecule is CC1(C)NC(=O)N(c2ccc(O[C@H]3c4cc(Cl)cc(Cl)c4C[C@@H]3N3CC[C@@H](O)C3)cc2)C1=O. The normalized spacial score (nSPS) is 26.6. The molecule has 2 saturated heterocycles. The zero-order chi connectivity index (χ0) is 23.5. The van der Waals surface area contributed by atoms with Crippen LogP contribution < -0.4 is 15.0 Å². The summed E-state index contributed by atoms with van der Waals surface area (Å²) in [7, 11) is 0. The van der Waals surface area contributed by atoms with Crippen LogP contribution in [0.15, 0.2) is 36.4 Å². The number of carbonyl (C=O) groups excluding carboxylic acids is 2. The fourth-order valence-electron chi connectivity index (χ4n) is 4.95. The molecule has 0 saturated carbocycles. The molecule has 174 valence electrons. The minimum atomic E-state index is -0.939. The van der Waals surface area contributed by atoms with Crippen molar-refractivity contribution in [3.05, 3.63) is 57.6 Å². The number of aliphatic hydroxyl groups excluding tert-OH is 1. The van der Waals surface area contributed by atoms with Gasteiger partial charge < -0.3 is 15.2 Å². The molecule has 1 aliphatic carbocycles. The van der Waals surface area contributed by atoms with E-state index in [-0.39, 0.29) is 24.2 Å². The molecular weight excluding hydrogens is 465 g/mol. The molecule has 33 heavy (non-hydrogen) atoms. The molecule has 0 unspecified atom stereocenters. The van der Waals surface area contributed by atoms with Gasteiger partial charge in [-0.2, -0.15) is 0 Å². The minimum absolute atomic E-state index is 0.0135. The highest BCUT2D eigenvalue weighted by Gasteiger charge is 2.45. The number of halogens is 2. The Morgan fingerprint density at radius 1 is 1.15 bits per heavy atom. The van der Waals surface area contributed by atoms with Gasteiger partial charge >= 0.3 is 6.03 Å². The van der Waals surface area contributed by atoms with Crippen molar-refractivity contribution >= 4 is 40.8 Å². The predicted molar refractivity (Wildman–Crippen MR) is 126 cm³/mol. The molecule has 0 spiro atoms. The van der Waals surface area contributed by atoms with Crippen LogP contribution in [0.1, 0.15) is 37.5 Å². The number of fused-ring (bicyclic) bond motifs is 1. The largest absolute Gasteiger partial charge is 0.484 e. The first kappa shape index (κ1) is 22.5. The van der Waals surface area contributed by atoms with Gasteiger partial charge in [-0.15, -0.1) is 0 Å². The third kappa shape index (κ3) is 3.97. The molecule has 7 nitrogen and oxygen atoms in total. The van der Waals surface area contributed by atoms with Crippen LogP contribution in [0, 0.1) is 0 Å². The first-order chi connectivity index (χ1) is 15.6. The summed E-state index contributed by atoms with van der Waals surface area (Å²) in [5.41, 5.74) is 1.49. The zero-order valence-corrected chi connectivity index (χ0v) is 19.9. The fraction of sp³-hybridized carbons (Fsp3) is 0.417. The van der Waals surface area contributed by atoms with E-state index in [4.69, 9.17) is 27.9 Å². The number of imide groups is 1. The lowest BCUT2D eigenvalue weighted by Crippen LogP contribution is -2.40. The first-order valence-corrected chi connectivity index (χ1v) is 11.7. The summed E-state index contributed by atoms with van der Waals surface area (Å²) in [5, 5.41) is 13.9. The predicted octanol–water partition coefficient (Wildman–Crippen LogP) is 3.94. The molecule has 0 radical (unpaired) electrons. The number of β-amino-alcohol motifs (C(OH)–C–C–N with tert-alkyl or cyclic N) is 1. The van der Waals surface area contributed by atoms with Gasteiger partial charge in [0.15, 0.2) is 0 Å². The fourth-order valence-corrected chi connectivity index (χ4v) is 5.54. The summed E-state index contributed by atoms with van der Waals surface area (Å²) in [6, 6.07) is 10.1. The molecule has 5 rings (SSSR count). The molecule has 2 fully saturated rings. The number of carbonyl (C=O) groups is 2. The van der Waals surface area contributed by atoms with E-state index in [0.717, 1.165) is 29.0 Å². The van der Waals surface area contributed by atoms with Crippen LogP contribution in [0.5, 0.6) is 5.75 Å². The maximum absolute atomic E-state index is 12.6. The molecule has 3 atom stereocenters. The minimum Gasteiger partial charge on any atom is -0.484 e. The summed E-state index contributed by atoms with van der Waals surface area (Å²) in [6.45, 7) is 4.72. The van der Waals surface area contributed by atoms with Crippen molar-refractivity contribution in [1.29, 1.82) is 0 Å². The van der Waals surface area contributed by atoms with Crippen LogP contribution >= 0.6 is 23.2 Å². The molecule has 0 aromatic heterocycles. The standard InChI is InChI=1S/C24H25Cl2N3O4/c1-24(2)22(31)29(23(32)27-24)14-3-5-16(6-4-14)33-21-18-9-13(25)10-19(26)17(18)11-20(21)28-8-7-15(30)12-28/h3-6,9-10,15,20-21,30H,7-8,11-12H2,1-2H3,(H,27,32)/t15-,20+,21+/m1/s1. The van der Waals surface area contributed by atoms with Crippen LogP contribution in [-0.4, -0.2) is 52.7 Å². The Kier molecular flexibility index (Phi) is 5.56. The van der Waals surface area contributed by atoms with Crippen molar-refractivity contribution in [2.75, 3.05) is 18.0 Å². The van der Waals surface area contributed by atoms with Crippen molar-refractivity contribution in [2.24, 2.45) is 0 Å². The third-order valence-corrected chi connectivity index (χ3v) is 7.20. The zero-order valence-electron chi connectivity index (χ0n) is 18.3. The molecule has 3 aliphatic rings. The quantitative estimate of drug-likeness (QED) is 0.635. The molecule has 3 amide bonds. The summed E-state index contributed by atoms with van der Waals surface area (Å²) < 4.78 is 6.44. The average molecular weight is 490 g/mol. The van der Waals surface area contributed by atoms with Crippen molar-refractivity contribution in [1.82, 2.24) is 10.2 Å². The van der Waals surface area contributed by atoms with Crippen LogP contribution in [0.3, 0.4) is 0 Å². The lowest BCUT2D eigenvalue weighted by molar-refractivity contribution is -0.121. The van der Waals surface area contributed by atoms with Gasteiger partial charge in [0.25, 0.3) is 5.91 Å². The summed E-state index contributed by atoms with van der Waals surface area (Å²) in [4.78, 5) is 28.3. The second kappa shape index (κ2) is 8.17. The number of hydrogen-bond donors (Lipinski definition) is 2. The first-order valence-electron chi connectivity index (χ1n) is 11.0. The van der Waals surface area contributed by atoms with Gasteiger partial charge in [-0.05, 0) is 68.7 Å². The molecule has 2 aliphatic heterocycles. The Balaban J connectivity index is 1.42. The number of hydrogen-bond acceptors (Lipinski definition) is 5. The lowest BCUT2D eigenvalue weighted by atomic mass is 10.1. The number of likely N-dealkylation sites (tertiary alicyclic amines) is 1. The van der Waals surface area contributed by atoms with Crippen molar-refractivity contribution in [3.63, 3.8) is 0 Å². The van der Waals surface area contributed by atoms with Crippen LogP contribution in [-0.2, 0) is 11.2 Å². The maximum Gasteiger partial charge on any atom is 0.329 e. The van der Waals surface area contributed by atoms with E-state index in [1.807, 2.05) is 6.07 Å². The number of aliphatic hydroxyl groups is 1. The Labute approximate surface area is 202 Å². The van der Waals surface area contributed by atoms with E-state index in [1.165, 1.54) is 0 Å². The Morgan fingerprint density at radius 3 is 2.48 bits per heavy atom. The number of nitrogens with one attached hydrogen (secondary N) is 1. The monoisotopic (exact) mass is 489 g/mol. The van der Waals surface area contributed by atoms with Crippen molar-refractivity contribution < 1.29 is 19.4 Å². The van der Waals surface area contributed by atoms with E-state index in [1.54, 1.807) is 44.2 Å². The molecule has 0 bridgehead atoms. The highest BCUT2D eigenvalue weighted by Crippen LogP contribution is 2.43. The average Bonchev–Trinajstić information content (AvgIpc) is 3.38. The number of anilines is 1. The number of benzene rings is 2. The van der Waals surface area contributed by atoms with E-state index in [9.17, 15) is 14.7 Å². The Hall–Kier alpha value is -2.32. The smallest absolute Gasteiger partial charge is 0.329 e. The van der Waals surface area contributed by atoms with E-state index in [0.29, 0.717) is 34.4 Å². The molecule has 9 heteroatoms. The summed E-state index contributed by atoms with van der Waals surface area (Å²) in [5.74, 6) is 0.298. The maximum atomic E-state index is 12.6. The topological polar surface area (TPSA) is 82.1 Å². The van der Waals surface area contributed by atoms with Gasteiger partial charge in [0.05, 0.1) is 17.8 Å². The number of nitrogens with zero attached hydrogens (tertiary/aromatic N) is 2. The van der Waals surface area contributed by atoms with Crippen LogP contribution in [0.4, 0.5) is 10.5 Å². The second-order valence-electron chi connectivity index (χ2n) is 9.39. The van der Waals surface area contributed by atoms with Crippen molar-refractivity contribution in [2.45, 2.75) is 50.5 Å². The molecule has 2 aromatic carbocycles. The molecular formula is C24H25Cl2N3O4. The summed E-state index contributed by atoms with van der Waals surface area (Å²) >= 11 is 12.8. The highest BCUT2D eigenvalue weighted by molar-refractivity contribution is 6.35. The molecule has 2 heterocycles. The van der Waals surface area contributed by atoms with E-state index in [2.05, 4.69) is 10.2 Å². The van der Waals surface area contributed by atoms with Gasteiger partial charge in [-0.25, -0.2) is 9.69 Å². The summed E-state index contributed by atoms with van der Waals surface area (Å²) in [6.07, 6.45) is 0.771. The molecule has 2 N–H and O–H groups in total. The van der Waals surface area contributed by atoms with Gasteiger partial charge in [-0.3, -0.25) is 9.69 Å². The Morgan fingerprint density at radius 2 is 1.88 bits per heavy atom. The number of urea groups is 1. The number of rotatable bonds is 4. The third-order valence-electron chi connectivity index (χ3n) is 6.65. The van der Waals surface area contributed by atoms with Crippen molar-refractivity contribution in [3.8, 4) is 5.75 Å². The lowest BCUT2D eigenvalue weighted by Gasteiger charge is -2.30.